The van der Waals surface area contributed by atoms with Crippen LogP contribution in [0.25, 0.3) is 0 Å². The second-order valence-corrected chi connectivity index (χ2v) is 5.52. The fourth-order valence-corrected chi connectivity index (χ4v) is 1.23. The van der Waals surface area contributed by atoms with Gasteiger partial charge in [-0.2, -0.15) is 0 Å². The minimum absolute atomic E-state index is 0.172. The van der Waals surface area contributed by atoms with Gasteiger partial charge in [-0.25, -0.2) is 0 Å². The Hall–Kier alpha value is -0.570. The van der Waals surface area contributed by atoms with Gasteiger partial charge in [-0.1, -0.05) is 34.1 Å². The Morgan fingerprint density at radius 1 is 1.25 bits per heavy atom. The van der Waals surface area contributed by atoms with Gasteiger partial charge in [-0.3, -0.25) is 4.79 Å². The van der Waals surface area contributed by atoms with Gasteiger partial charge in [-0.05, 0) is 30.7 Å². The lowest BCUT2D eigenvalue weighted by molar-refractivity contribution is -0.121. The Kier molecular flexibility index (Phi) is 7.39. The molecule has 0 heterocycles. The van der Waals surface area contributed by atoms with Gasteiger partial charge in [0.05, 0.1) is 0 Å². The molecule has 0 spiro atoms. The number of hydrogen-bond donors (Lipinski definition) is 2. The van der Waals surface area contributed by atoms with E-state index in [0.29, 0.717) is 12.3 Å². The van der Waals surface area contributed by atoms with Crippen molar-refractivity contribution in [2.75, 3.05) is 13.1 Å². The summed E-state index contributed by atoms with van der Waals surface area (Å²) in [6.07, 6.45) is 3.65. The molecular weight excluding hydrogens is 200 g/mol. The molecule has 0 aromatic rings. The van der Waals surface area contributed by atoms with Gasteiger partial charge in [0, 0.05) is 13.0 Å². The number of carbonyl (C=O) groups excluding carboxylic acids is 1. The van der Waals surface area contributed by atoms with Gasteiger partial charge < -0.3 is 11.1 Å². The lowest BCUT2D eigenvalue weighted by Crippen LogP contribution is -2.36. The van der Waals surface area contributed by atoms with Crippen molar-refractivity contribution in [1.29, 1.82) is 0 Å². The van der Waals surface area contributed by atoms with Gasteiger partial charge >= 0.3 is 0 Å². The Bertz CT molecular complexity index is 200. The quantitative estimate of drug-likeness (QED) is 0.626. The average Bonchev–Trinajstić information content (AvgIpc) is 2.21. The highest BCUT2D eigenvalue weighted by molar-refractivity contribution is 5.75. The van der Waals surface area contributed by atoms with E-state index in [9.17, 15) is 4.79 Å². The van der Waals surface area contributed by atoms with Crippen LogP contribution in [0.4, 0.5) is 0 Å². The summed E-state index contributed by atoms with van der Waals surface area (Å²) in [6.45, 7) is 10.2. The molecule has 0 aromatic carbocycles. The van der Waals surface area contributed by atoms with Gasteiger partial charge in [-0.15, -0.1) is 0 Å². The Labute approximate surface area is 100 Å². The summed E-state index contributed by atoms with van der Waals surface area (Å²) in [6, 6.07) is 0. The molecule has 3 heteroatoms. The van der Waals surface area contributed by atoms with Crippen LogP contribution in [0.1, 0.15) is 53.4 Å². The SMILES string of the molecule is CC(C)C(C)(C)CNC(=O)CCCCCN. The lowest BCUT2D eigenvalue weighted by atomic mass is 9.81. The van der Waals surface area contributed by atoms with Crippen LogP contribution in [0.2, 0.25) is 0 Å². The van der Waals surface area contributed by atoms with Crippen LogP contribution in [0.5, 0.6) is 0 Å². The molecule has 16 heavy (non-hydrogen) atoms. The average molecular weight is 228 g/mol. The third kappa shape index (κ3) is 6.83. The van der Waals surface area contributed by atoms with E-state index in [0.717, 1.165) is 32.4 Å². The fraction of sp³-hybridized carbons (Fsp3) is 0.923. The molecule has 0 radical (unpaired) electrons. The van der Waals surface area contributed by atoms with Crippen molar-refractivity contribution >= 4 is 5.91 Å². The highest BCUT2D eigenvalue weighted by atomic mass is 16.1. The zero-order valence-electron chi connectivity index (χ0n) is 11.3. The molecule has 0 atom stereocenters. The predicted molar refractivity (Wildman–Crippen MR) is 69.2 cm³/mol. The zero-order valence-corrected chi connectivity index (χ0v) is 11.3. The molecule has 1 amide bonds. The fourth-order valence-electron chi connectivity index (χ4n) is 1.23. The number of hydrogen-bond acceptors (Lipinski definition) is 2. The number of carbonyl (C=O) groups is 1. The van der Waals surface area contributed by atoms with Crippen molar-refractivity contribution < 1.29 is 4.79 Å². The minimum atomic E-state index is 0.172. The van der Waals surface area contributed by atoms with Gasteiger partial charge in [0.25, 0.3) is 0 Å². The maximum Gasteiger partial charge on any atom is 0.220 e. The maximum atomic E-state index is 11.5. The molecule has 0 aromatic heterocycles. The van der Waals surface area contributed by atoms with E-state index >= 15 is 0 Å². The first-order valence-corrected chi connectivity index (χ1v) is 6.37. The molecule has 0 aliphatic rings. The van der Waals surface area contributed by atoms with Crippen molar-refractivity contribution in [1.82, 2.24) is 5.32 Å². The molecular formula is C13H28N2O. The highest BCUT2D eigenvalue weighted by Crippen LogP contribution is 2.24. The molecule has 0 saturated heterocycles. The van der Waals surface area contributed by atoms with Gasteiger partial charge in [0.15, 0.2) is 0 Å². The molecule has 0 rings (SSSR count). The van der Waals surface area contributed by atoms with E-state index in [1.807, 2.05) is 0 Å². The van der Waals surface area contributed by atoms with Gasteiger partial charge in [0.1, 0.15) is 0 Å². The number of unbranched alkanes of at least 4 members (excludes halogenated alkanes) is 2. The first kappa shape index (κ1) is 15.4. The van der Waals surface area contributed by atoms with E-state index in [1.54, 1.807) is 0 Å². The van der Waals surface area contributed by atoms with Crippen LogP contribution in [-0.4, -0.2) is 19.0 Å². The Morgan fingerprint density at radius 3 is 2.38 bits per heavy atom. The molecule has 0 aliphatic carbocycles. The van der Waals surface area contributed by atoms with Crippen LogP contribution < -0.4 is 11.1 Å². The Morgan fingerprint density at radius 2 is 1.88 bits per heavy atom. The summed E-state index contributed by atoms with van der Waals surface area (Å²) in [5.74, 6) is 0.746. The normalized spacial score (nSPS) is 11.9. The molecule has 3 nitrogen and oxygen atoms in total. The lowest BCUT2D eigenvalue weighted by Gasteiger charge is -2.29. The summed E-state index contributed by atoms with van der Waals surface area (Å²) >= 11 is 0. The summed E-state index contributed by atoms with van der Waals surface area (Å²) in [5, 5.41) is 3.01. The third-order valence-electron chi connectivity index (χ3n) is 3.41. The van der Waals surface area contributed by atoms with Gasteiger partial charge in [0.2, 0.25) is 5.91 Å². The topological polar surface area (TPSA) is 55.1 Å². The molecule has 0 aliphatic heterocycles. The van der Waals surface area contributed by atoms with Crippen molar-refractivity contribution in [2.24, 2.45) is 17.1 Å². The summed E-state index contributed by atoms with van der Waals surface area (Å²) in [7, 11) is 0. The van der Waals surface area contributed by atoms with Crippen LogP contribution >= 0.6 is 0 Å². The second-order valence-electron chi connectivity index (χ2n) is 5.52. The first-order chi connectivity index (χ1) is 7.40. The van der Waals surface area contributed by atoms with E-state index in [2.05, 4.69) is 33.0 Å². The van der Waals surface area contributed by atoms with Crippen LogP contribution in [0, 0.1) is 11.3 Å². The highest BCUT2D eigenvalue weighted by Gasteiger charge is 2.22. The molecule has 0 fully saturated rings. The van der Waals surface area contributed by atoms with Crippen molar-refractivity contribution in [3.8, 4) is 0 Å². The van der Waals surface area contributed by atoms with Crippen molar-refractivity contribution in [2.45, 2.75) is 53.4 Å². The summed E-state index contributed by atoms with van der Waals surface area (Å²) < 4.78 is 0. The van der Waals surface area contributed by atoms with Crippen LogP contribution in [-0.2, 0) is 4.79 Å². The van der Waals surface area contributed by atoms with E-state index < -0.39 is 0 Å². The third-order valence-corrected chi connectivity index (χ3v) is 3.41. The monoisotopic (exact) mass is 228 g/mol. The Balaban J connectivity index is 3.65. The molecule has 96 valence electrons. The smallest absolute Gasteiger partial charge is 0.220 e. The van der Waals surface area contributed by atoms with Crippen molar-refractivity contribution in [3.63, 3.8) is 0 Å². The minimum Gasteiger partial charge on any atom is -0.356 e. The second kappa shape index (κ2) is 7.66. The summed E-state index contributed by atoms with van der Waals surface area (Å²) in [5.41, 5.74) is 5.57. The first-order valence-electron chi connectivity index (χ1n) is 6.37. The summed E-state index contributed by atoms with van der Waals surface area (Å²) in [4.78, 5) is 11.5. The molecule has 0 bridgehead atoms. The largest absolute Gasteiger partial charge is 0.356 e. The maximum absolute atomic E-state index is 11.5. The molecule has 3 N–H and O–H groups in total. The zero-order chi connectivity index (χ0) is 12.6. The van der Waals surface area contributed by atoms with E-state index in [4.69, 9.17) is 5.73 Å². The predicted octanol–water partition coefficient (Wildman–Crippen LogP) is 2.30. The van der Waals surface area contributed by atoms with Crippen LogP contribution in [0.3, 0.4) is 0 Å². The molecule has 0 saturated carbocycles. The van der Waals surface area contributed by atoms with E-state index in [1.165, 1.54) is 0 Å². The number of nitrogens with one attached hydrogen (secondary N) is 1. The van der Waals surface area contributed by atoms with Crippen molar-refractivity contribution in [3.05, 3.63) is 0 Å². The number of nitrogens with two attached hydrogens (primary N) is 1. The number of rotatable bonds is 8. The number of amides is 1. The van der Waals surface area contributed by atoms with E-state index in [-0.39, 0.29) is 11.3 Å². The molecule has 0 unspecified atom stereocenters. The van der Waals surface area contributed by atoms with Crippen LogP contribution in [0.15, 0.2) is 0 Å². The standard InChI is InChI=1S/C13H28N2O/c1-11(2)13(3,4)10-15-12(16)8-6-5-7-9-14/h11H,5-10,14H2,1-4H3,(H,15,16).